The number of rotatable bonds is 3. The van der Waals surface area contributed by atoms with Crippen molar-refractivity contribution in [1.29, 1.82) is 5.26 Å². The molecule has 0 radical (unpaired) electrons. The van der Waals surface area contributed by atoms with E-state index in [9.17, 15) is 5.26 Å². The van der Waals surface area contributed by atoms with Crippen LogP contribution in [-0.2, 0) is 0 Å². The summed E-state index contributed by atoms with van der Waals surface area (Å²) >= 11 is 3.49. The Balaban J connectivity index is 2.19. The molecule has 3 nitrogen and oxygen atoms in total. The third kappa shape index (κ3) is 3.14. The molecule has 4 heteroatoms. The van der Waals surface area contributed by atoms with E-state index in [4.69, 9.17) is 4.74 Å². The fourth-order valence-corrected chi connectivity index (χ4v) is 3.68. The van der Waals surface area contributed by atoms with E-state index in [1.54, 1.807) is 7.11 Å². The highest BCUT2D eigenvalue weighted by molar-refractivity contribution is 9.10. The molecule has 3 rings (SSSR count). The Labute approximate surface area is 152 Å². The number of nitriles is 1. The van der Waals surface area contributed by atoms with Crippen molar-refractivity contribution in [2.75, 3.05) is 25.1 Å². The Hall–Kier alpha value is -1.99. The van der Waals surface area contributed by atoms with Crippen LogP contribution in [0.2, 0.25) is 0 Å². The smallest absolute Gasteiger partial charge is 0.131 e. The minimum absolute atomic E-state index is 0.731. The number of halogens is 1. The third-order valence-electron chi connectivity index (χ3n) is 4.67. The highest BCUT2D eigenvalue weighted by Gasteiger charge is 2.21. The number of hydrogen-bond donors (Lipinski definition) is 0. The lowest BCUT2D eigenvalue weighted by Crippen LogP contribution is -2.30. The molecule has 2 aromatic carbocycles. The molecule has 0 unspecified atom stereocenters. The molecule has 0 aliphatic carbocycles. The molecular formula is C20H21BrN2O. The van der Waals surface area contributed by atoms with Gasteiger partial charge in [0.2, 0.25) is 0 Å². The van der Waals surface area contributed by atoms with Gasteiger partial charge in [-0.15, -0.1) is 0 Å². The zero-order valence-electron chi connectivity index (χ0n) is 14.1. The number of piperidine rings is 1. The molecule has 124 valence electrons. The van der Waals surface area contributed by atoms with E-state index in [-0.39, 0.29) is 0 Å². The first-order valence-electron chi connectivity index (χ1n) is 8.28. The van der Waals surface area contributed by atoms with Crippen LogP contribution >= 0.6 is 15.9 Å². The van der Waals surface area contributed by atoms with Gasteiger partial charge in [0, 0.05) is 28.7 Å². The van der Waals surface area contributed by atoms with Gasteiger partial charge in [-0.2, -0.15) is 5.26 Å². The van der Waals surface area contributed by atoms with E-state index in [2.05, 4.69) is 45.1 Å². The molecule has 0 atom stereocenters. The van der Waals surface area contributed by atoms with Crippen LogP contribution in [-0.4, -0.2) is 20.2 Å². The molecule has 0 spiro atoms. The maximum atomic E-state index is 9.71. The van der Waals surface area contributed by atoms with Gasteiger partial charge in [-0.3, -0.25) is 0 Å². The lowest BCUT2D eigenvalue weighted by Gasteiger charge is -2.31. The van der Waals surface area contributed by atoms with E-state index in [1.165, 1.54) is 19.3 Å². The lowest BCUT2D eigenvalue weighted by atomic mass is 9.95. The monoisotopic (exact) mass is 384 g/mol. The minimum Gasteiger partial charge on any atom is -0.496 e. The van der Waals surface area contributed by atoms with Gasteiger partial charge in [-0.25, -0.2) is 0 Å². The average Bonchev–Trinajstić information content (AvgIpc) is 2.62. The van der Waals surface area contributed by atoms with Gasteiger partial charge in [0.1, 0.15) is 11.8 Å². The second kappa shape index (κ2) is 7.27. The summed E-state index contributed by atoms with van der Waals surface area (Å²) in [5.41, 5.74) is 4.83. The normalized spacial score (nSPS) is 14.3. The second-order valence-electron chi connectivity index (χ2n) is 6.14. The van der Waals surface area contributed by atoms with Crippen LogP contribution in [0.3, 0.4) is 0 Å². The van der Waals surface area contributed by atoms with Crippen molar-refractivity contribution in [1.82, 2.24) is 0 Å². The molecule has 0 aromatic heterocycles. The van der Waals surface area contributed by atoms with Crippen molar-refractivity contribution in [3.05, 3.63) is 45.9 Å². The molecule has 1 saturated heterocycles. The summed E-state index contributed by atoms with van der Waals surface area (Å²) in [4.78, 5) is 2.34. The van der Waals surface area contributed by atoms with Gasteiger partial charge in [-0.05, 0) is 49.9 Å². The molecule has 1 fully saturated rings. The van der Waals surface area contributed by atoms with Gasteiger partial charge >= 0.3 is 0 Å². The van der Waals surface area contributed by atoms with Gasteiger partial charge in [0.05, 0.1) is 18.4 Å². The van der Waals surface area contributed by atoms with Crippen LogP contribution in [0.1, 0.15) is 30.4 Å². The maximum Gasteiger partial charge on any atom is 0.131 e. The molecule has 1 heterocycles. The standard InChI is InChI=1S/C20H21BrN2O/c1-14-18(13-22)19(23-10-4-3-5-11-23)12-17(20(14)24-2)15-6-8-16(21)9-7-15/h6-9,12H,3-5,10-11H2,1-2H3. The van der Waals surface area contributed by atoms with E-state index < -0.39 is 0 Å². The van der Waals surface area contributed by atoms with Crippen molar-refractivity contribution in [2.24, 2.45) is 0 Å². The first-order valence-corrected chi connectivity index (χ1v) is 9.07. The predicted molar refractivity (Wildman–Crippen MR) is 102 cm³/mol. The van der Waals surface area contributed by atoms with Crippen molar-refractivity contribution in [3.63, 3.8) is 0 Å². The van der Waals surface area contributed by atoms with E-state index >= 15 is 0 Å². The van der Waals surface area contributed by atoms with Gasteiger partial charge in [0.25, 0.3) is 0 Å². The number of benzene rings is 2. The quantitative estimate of drug-likeness (QED) is 0.720. The number of hydrogen-bond acceptors (Lipinski definition) is 3. The molecule has 24 heavy (non-hydrogen) atoms. The Morgan fingerprint density at radius 2 is 1.79 bits per heavy atom. The average molecular weight is 385 g/mol. The topological polar surface area (TPSA) is 36.3 Å². The second-order valence-corrected chi connectivity index (χ2v) is 7.06. The summed E-state index contributed by atoms with van der Waals surface area (Å²) in [6.45, 7) is 4.01. The lowest BCUT2D eigenvalue weighted by molar-refractivity contribution is 0.413. The van der Waals surface area contributed by atoms with Crippen LogP contribution in [0.15, 0.2) is 34.8 Å². The fourth-order valence-electron chi connectivity index (χ4n) is 3.41. The Kier molecular flexibility index (Phi) is 5.11. The van der Waals surface area contributed by atoms with E-state index in [1.807, 2.05) is 19.1 Å². The zero-order chi connectivity index (χ0) is 17.1. The summed E-state index contributed by atoms with van der Waals surface area (Å²) in [6.07, 6.45) is 3.64. The summed E-state index contributed by atoms with van der Waals surface area (Å²) < 4.78 is 6.71. The summed E-state index contributed by atoms with van der Waals surface area (Å²) in [5.74, 6) is 0.787. The van der Waals surface area contributed by atoms with Crippen molar-refractivity contribution in [2.45, 2.75) is 26.2 Å². The van der Waals surface area contributed by atoms with Crippen LogP contribution in [0, 0.1) is 18.3 Å². The molecule has 0 amide bonds. The van der Waals surface area contributed by atoms with Crippen molar-refractivity contribution < 1.29 is 4.74 Å². The number of anilines is 1. The first kappa shape index (κ1) is 16.9. The molecule has 0 saturated carbocycles. The van der Waals surface area contributed by atoms with Gasteiger partial charge < -0.3 is 9.64 Å². The van der Waals surface area contributed by atoms with Crippen molar-refractivity contribution in [3.8, 4) is 22.9 Å². The number of nitrogens with zero attached hydrogens (tertiary/aromatic N) is 2. The Morgan fingerprint density at radius 3 is 2.38 bits per heavy atom. The van der Waals surface area contributed by atoms with Crippen LogP contribution < -0.4 is 9.64 Å². The van der Waals surface area contributed by atoms with Crippen molar-refractivity contribution >= 4 is 21.6 Å². The summed E-state index contributed by atoms with van der Waals surface area (Å²) in [7, 11) is 1.67. The Morgan fingerprint density at radius 1 is 1.12 bits per heavy atom. The molecule has 1 aliphatic rings. The third-order valence-corrected chi connectivity index (χ3v) is 5.19. The van der Waals surface area contributed by atoms with Crippen LogP contribution in [0.25, 0.3) is 11.1 Å². The molecule has 0 bridgehead atoms. The van der Waals surface area contributed by atoms with Gasteiger partial charge in [-0.1, -0.05) is 28.1 Å². The first-order chi connectivity index (χ1) is 11.7. The largest absolute Gasteiger partial charge is 0.496 e. The maximum absolute atomic E-state index is 9.71. The Bertz CT molecular complexity index is 772. The van der Waals surface area contributed by atoms with E-state index in [0.29, 0.717) is 0 Å². The number of ether oxygens (including phenoxy) is 1. The summed E-state index contributed by atoms with van der Waals surface area (Å²) in [6, 6.07) is 12.7. The SMILES string of the molecule is COc1c(-c2ccc(Br)cc2)cc(N2CCCCC2)c(C#N)c1C. The molecule has 2 aromatic rings. The highest BCUT2D eigenvalue weighted by Crippen LogP contribution is 2.40. The zero-order valence-corrected chi connectivity index (χ0v) is 15.7. The summed E-state index contributed by atoms with van der Waals surface area (Å²) in [5, 5.41) is 9.71. The fraction of sp³-hybridized carbons (Fsp3) is 0.350. The predicted octanol–water partition coefficient (Wildman–Crippen LogP) is 5.30. The molecular weight excluding hydrogens is 364 g/mol. The minimum atomic E-state index is 0.731. The van der Waals surface area contributed by atoms with Crippen LogP contribution in [0.4, 0.5) is 5.69 Å². The molecule has 0 N–H and O–H groups in total. The number of methoxy groups -OCH3 is 1. The van der Waals surface area contributed by atoms with Gasteiger partial charge in [0.15, 0.2) is 0 Å². The van der Waals surface area contributed by atoms with Crippen LogP contribution in [0.5, 0.6) is 5.75 Å². The van der Waals surface area contributed by atoms with E-state index in [0.717, 1.165) is 51.3 Å². The molecule has 1 aliphatic heterocycles. The highest BCUT2D eigenvalue weighted by atomic mass is 79.9.